The third-order valence-corrected chi connectivity index (χ3v) is 3.15. The summed E-state index contributed by atoms with van der Waals surface area (Å²) in [5, 5.41) is 3.51. The van der Waals surface area contributed by atoms with Crippen molar-refractivity contribution in [2.75, 3.05) is 13.1 Å². The van der Waals surface area contributed by atoms with Gasteiger partial charge in [0, 0.05) is 30.1 Å². The van der Waals surface area contributed by atoms with Crippen molar-refractivity contribution >= 4 is 5.91 Å². The molecular weight excluding hydrogens is 212 g/mol. The minimum Gasteiger partial charge on any atom is -0.338 e. The first-order chi connectivity index (χ1) is 7.61. The van der Waals surface area contributed by atoms with Gasteiger partial charge in [0.15, 0.2) is 0 Å². The second-order valence-electron chi connectivity index (χ2n) is 7.18. The van der Waals surface area contributed by atoms with Crippen LogP contribution in [0.3, 0.4) is 0 Å². The number of carbonyl (C=O) groups excluding carboxylic acids is 1. The third kappa shape index (κ3) is 4.30. The molecule has 1 aliphatic heterocycles. The fourth-order valence-corrected chi connectivity index (χ4v) is 2.17. The van der Waals surface area contributed by atoms with Crippen LogP contribution in [0.4, 0.5) is 0 Å². The van der Waals surface area contributed by atoms with E-state index in [0.29, 0.717) is 6.04 Å². The lowest BCUT2D eigenvalue weighted by atomic mass is 9.94. The van der Waals surface area contributed by atoms with E-state index in [1.54, 1.807) is 0 Å². The van der Waals surface area contributed by atoms with Gasteiger partial charge < -0.3 is 10.2 Å². The minimum absolute atomic E-state index is 0.124. The van der Waals surface area contributed by atoms with Crippen molar-refractivity contribution in [2.24, 2.45) is 5.41 Å². The summed E-state index contributed by atoms with van der Waals surface area (Å²) < 4.78 is 0. The molecule has 0 unspecified atom stereocenters. The summed E-state index contributed by atoms with van der Waals surface area (Å²) in [6, 6.07) is 0.376. The summed E-state index contributed by atoms with van der Waals surface area (Å²) in [6.07, 6.45) is 2.27. The molecular formula is C14H28N2O. The number of rotatable bonds is 2. The lowest BCUT2D eigenvalue weighted by Gasteiger charge is -2.33. The average Bonchev–Trinajstić information content (AvgIpc) is 2.58. The second-order valence-corrected chi connectivity index (χ2v) is 7.18. The van der Waals surface area contributed by atoms with Crippen LogP contribution < -0.4 is 5.32 Å². The molecule has 1 amide bonds. The number of carbonyl (C=O) groups is 1. The van der Waals surface area contributed by atoms with Gasteiger partial charge in [-0.15, -0.1) is 0 Å². The molecule has 1 fully saturated rings. The number of nitrogens with zero attached hydrogens (tertiary/aromatic N) is 1. The van der Waals surface area contributed by atoms with Crippen LogP contribution in [-0.4, -0.2) is 35.5 Å². The highest BCUT2D eigenvalue weighted by Crippen LogP contribution is 2.25. The van der Waals surface area contributed by atoms with E-state index in [2.05, 4.69) is 31.0 Å². The zero-order valence-corrected chi connectivity index (χ0v) is 12.3. The number of likely N-dealkylation sites (tertiary alicyclic amines) is 1. The Kier molecular flexibility index (Phi) is 4.23. The van der Waals surface area contributed by atoms with Gasteiger partial charge in [0.2, 0.25) is 5.91 Å². The van der Waals surface area contributed by atoms with Crippen LogP contribution in [0.25, 0.3) is 0 Å². The number of hydrogen-bond donors (Lipinski definition) is 1. The van der Waals surface area contributed by atoms with E-state index in [9.17, 15) is 4.79 Å². The van der Waals surface area contributed by atoms with Crippen LogP contribution in [0.1, 0.15) is 54.4 Å². The highest BCUT2D eigenvalue weighted by Gasteiger charge is 2.35. The molecule has 1 heterocycles. The molecule has 0 aromatic carbocycles. The van der Waals surface area contributed by atoms with Crippen molar-refractivity contribution in [3.63, 3.8) is 0 Å². The molecule has 1 atom stereocenters. The van der Waals surface area contributed by atoms with E-state index < -0.39 is 0 Å². The molecule has 3 nitrogen and oxygen atoms in total. The summed E-state index contributed by atoms with van der Waals surface area (Å²) >= 11 is 0. The van der Waals surface area contributed by atoms with Crippen LogP contribution >= 0.6 is 0 Å². The van der Waals surface area contributed by atoms with Crippen molar-refractivity contribution in [3.8, 4) is 0 Å². The third-order valence-electron chi connectivity index (χ3n) is 3.15. The topological polar surface area (TPSA) is 32.3 Å². The molecule has 0 saturated carbocycles. The van der Waals surface area contributed by atoms with Gasteiger partial charge >= 0.3 is 0 Å². The van der Waals surface area contributed by atoms with E-state index in [4.69, 9.17) is 0 Å². The smallest absolute Gasteiger partial charge is 0.228 e. The zero-order valence-electron chi connectivity index (χ0n) is 12.3. The highest BCUT2D eigenvalue weighted by atomic mass is 16.2. The van der Waals surface area contributed by atoms with Gasteiger partial charge in [-0.25, -0.2) is 0 Å². The predicted octanol–water partition coefficient (Wildman–Crippen LogP) is 2.41. The van der Waals surface area contributed by atoms with Crippen molar-refractivity contribution < 1.29 is 4.79 Å². The van der Waals surface area contributed by atoms with Gasteiger partial charge in [0.05, 0.1) is 0 Å². The summed E-state index contributed by atoms with van der Waals surface area (Å²) in [4.78, 5) is 14.4. The van der Waals surface area contributed by atoms with E-state index in [0.717, 1.165) is 25.9 Å². The molecule has 1 aliphatic rings. The average molecular weight is 240 g/mol. The maximum absolute atomic E-state index is 12.3. The first-order valence-corrected chi connectivity index (χ1v) is 6.67. The Hall–Kier alpha value is -0.570. The predicted molar refractivity (Wildman–Crippen MR) is 71.9 cm³/mol. The fourth-order valence-electron chi connectivity index (χ4n) is 2.17. The molecule has 0 aliphatic carbocycles. The first-order valence-electron chi connectivity index (χ1n) is 6.67. The van der Waals surface area contributed by atoms with E-state index in [1.807, 2.05) is 20.8 Å². The summed E-state index contributed by atoms with van der Waals surface area (Å²) in [6.45, 7) is 14.3. The van der Waals surface area contributed by atoms with Crippen LogP contribution in [0, 0.1) is 5.41 Å². The summed E-state index contributed by atoms with van der Waals surface area (Å²) in [7, 11) is 0. The Balaban J connectivity index is 2.58. The summed E-state index contributed by atoms with van der Waals surface area (Å²) in [5.41, 5.74) is -0.136. The molecule has 1 rings (SSSR count). The van der Waals surface area contributed by atoms with Crippen molar-refractivity contribution in [1.82, 2.24) is 10.2 Å². The van der Waals surface area contributed by atoms with Crippen molar-refractivity contribution in [3.05, 3.63) is 0 Å². The molecule has 17 heavy (non-hydrogen) atoms. The van der Waals surface area contributed by atoms with Gasteiger partial charge in [-0.2, -0.15) is 0 Å². The quantitative estimate of drug-likeness (QED) is 0.804. The van der Waals surface area contributed by atoms with Crippen LogP contribution in [0.2, 0.25) is 0 Å². The molecule has 0 radical (unpaired) electrons. The fraction of sp³-hybridized carbons (Fsp3) is 0.929. The standard InChI is InChI=1S/C14H28N2O/c1-13(2,3)12(17)16-9-7-8-11(16)10-15-14(4,5)6/h11,15H,7-10H2,1-6H3/t11-/m0/s1. The maximum atomic E-state index is 12.3. The van der Waals surface area contributed by atoms with Gasteiger partial charge in [0.1, 0.15) is 0 Å². The van der Waals surface area contributed by atoms with E-state index >= 15 is 0 Å². The van der Waals surface area contributed by atoms with Crippen molar-refractivity contribution in [2.45, 2.75) is 66.0 Å². The Morgan fingerprint density at radius 3 is 2.29 bits per heavy atom. The second kappa shape index (κ2) is 4.97. The number of nitrogens with one attached hydrogen (secondary N) is 1. The van der Waals surface area contributed by atoms with Gasteiger partial charge in [-0.3, -0.25) is 4.79 Å². The van der Waals surface area contributed by atoms with Gasteiger partial charge in [-0.05, 0) is 33.6 Å². The number of amides is 1. The molecule has 0 aromatic heterocycles. The largest absolute Gasteiger partial charge is 0.338 e. The maximum Gasteiger partial charge on any atom is 0.228 e. The molecule has 1 saturated heterocycles. The molecule has 1 N–H and O–H groups in total. The van der Waals surface area contributed by atoms with E-state index in [-0.39, 0.29) is 16.9 Å². The Morgan fingerprint density at radius 1 is 1.24 bits per heavy atom. The summed E-state index contributed by atoms with van der Waals surface area (Å²) in [5.74, 6) is 0.288. The van der Waals surface area contributed by atoms with Crippen LogP contribution in [0.5, 0.6) is 0 Å². The van der Waals surface area contributed by atoms with Crippen molar-refractivity contribution in [1.29, 1.82) is 0 Å². The minimum atomic E-state index is -0.260. The van der Waals surface area contributed by atoms with Gasteiger partial charge in [-0.1, -0.05) is 20.8 Å². The lowest BCUT2D eigenvalue weighted by molar-refractivity contribution is -0.140. The molecule has 100 valence electrons. The molecule has 0 bridgehead atoms. The number of hydrogen-bond acceptors (Lipinski definition) is 2. The monoisotopic (exact) mass is 240 g/mol. The first kappa shape index (κ1) is 14.5. The highest BCUT2D eigenvalue weighted by molar-refractivity contribution is 5.82. The lowest BCUT2D eigenvalue weighted by Crippen LogP contribution is -2.49. The van der Waals surface area contributed by atoms with Crippen LogP contribution in [0.15, 0.2) is 0 Å². The SMILES string of the molecule is CC(C)(C)NC[C@@H]1CCCN1C(=O)C(C)(C)C. The Bertz CT molecular complexity index is 273. The molecule has 0 aromatic rings. The zero-order chi connectivity index (χ0) is 13.3. The normalized spacial score (nSPS) is 22.0. The Labute approximate surface area is 106 Å². The molecule has 3 heteroatoms. The van der Waals surface area contributed by atoms with E-state index in [1.165, 1.54) is 0 Å². The Morgan fingerprint density at radius 2 is 1.82 bits per heavy atom. The van der Waals surface area contributed by atoms with Crippen LogP contribution in [-0.2, 0) is 4.79 Å². The van der Waals surface area contributed by atoms with Gasteiger partial charge in [0.25, 0.3) is 0 Å². The molecule has 0 spiro atoms.